The van der Waals surface area contributed by atoms with Crippen molar-refractivity contribution >= 4 is 17.4 Å². The van der Waals surface area contributed by atoms with Gasteiger partial charge in [0.05, 0.1) is 72.5 Å². The largest absolute Gasteiger partial charge is 0.461 e. The van der Waals surface area contributed by atoms with Gasteiger partial charge in [-0.1, -0.05) is 133 Å². The highest BCUT2D eigenvalue weighted by Crippen LogP contribution is 2.33. The van der Waals surface area contributed by atoms with E-state index in [1.54, 1.807) is 19.6 Å². The number of aliphatic hydroxyl groups excluding tert-OH is 1. The van der Waals surface area contributed by atoms with Crippen LogP contribution in [0.2, 0.25) is 0 Å². The zero-order valence-electron chi connectivity index (χ0n) is 32.4. The van der Waals surface area contributed by atoms with Crippen molar-refractivity contribution in [2.24, 2.45) is 9.98 Å². The molecule has 0 aliphatic carbocycles. The van der Waals surface area contributed by atoms with Crippen LogP contribution in [0.5, 0.6) is 0 Å². The molecule has 9 heteroatoms. The number of fused-ring (bicyclic) bond motifs is 6. The number of rotatable bonds is 7. The highest BCUT2D eigenvalue weighted by Gasteiger charge is 2.26. The molecule has 8 aromatic rings. The summed E-state index contributed by atoms with van der Waals surface area (Å²) in [6, 6.07) is 53.8. The molecule has 0 radical (unpaired) electrons. The van der Waals surface area contributed by atoms with Crippen LogP contribution in [0, 0.1) is 0 Å². The topological polar surface area (TPSA) is 107 Å². The minimum atomic E-state index is -0.419. The van der Waals surface area contributed by atoms with E-state index in [1.165, 1.54) is 5.56 Å². The zero-order chi connectivity index (χ0) is 40.1. The molecule has 0 unspecified atom stereocenters. The lowest BCUT2D eigenvalue weighted by Gasteiger charge is -2.14. The quantitative estimate of drug-likeness (QED) is 0.163. The van der Waals surface area contributed by atoms with Gasteiger partial charge in [-0.3, -0.25) is 14.6 Å². The first-order chi connectivity index (χ1) is 29.1. The van der Waals surface area contributed by atoms with E-state index in [0.29, 0.717) is 31.1 Å². The van der Waals surface area contributed by atoms with Gasteiger partial charge < -0.3 is 14.4 Å². The van der Waals surface area contributed by atoms with E-state index in [1.807, 2.05) is 65.2 Å². The number of benzene rings is 6. The number of aromatic nitrogens is 4. The fraction of sp³-hybridized carbons (Fsp3) is 0.100. The first kappa shape index (κ1) is 37.1. The third-order valence-electron chi connectivity index (χ3n) is 10.5. The highest BCUT2D eigenvalue weighted by molar-refractivity contribution is 6.16. The molecule has 288 valence electrons. The van der Waals surface area contributed by atoms with Gasteiger partial charge in [-0.15, -0.1) is 0 Å². The Labute approximate surface area is 342 Å². The number of aliphatic imine (C=N–C) groups is 2. The summed E-state index contributed by atoms with van der Waals surface area (Å²) in [6.45, 7) is 2.83. The summed E-state index contributed by atoms with van der Waals surface area (Å²) in [6.07, 6.45) is 3.47. The second-order valence-electron chi connectivity index (χ2n) is 14.1. The second-order valence-corrected chi connectivity index (χ2v) is 14.1. The van der Waals surface area contributed by atoms with Crippen molar-refractivity contribution in [3.8, 4) is 33.6 Å². The summed E-state index contributed by atoms with van der Waals surface area (Å²) < 4.78 is 9.21. The van der Waals surface area contributed by atoms with E-state index in [2.05, 4.69) is 112 Å². The fourth-order valence-corrected chi connectivity index (χ4v) is 7.68. The van der Waals surface area contributed by atoms with Crippen LogP contribution < -0.4 is 0 Å². The fourth-order valence-electron chi connectivity index (χ4n) is 7.68. The van der Waals surface area contributed by atoms with Crippen LogP contribution >= 0.6 is 0 Å². The van der Waals surface area contributed by atoms with Crippen molar-refractivity contribution in [2.75, 3.05) is 6.61 Å². The van der Waals surface area contributed by atoms with Crippen LogP contribution in [0.1, 0.15) is 56.7 Å². The molecule has 4 heterocycles. The average molecular weight is 773 g/mol. The maximum absolute atomic E-state index is 12.4. The SMILES string of the molecule is CCOC(=O)c1ncn2c1CN=C(c1ccccc1)c1cc(-c3ccccc3)ccc1-2.OCc1ncn2c1CN=C(c1ccccc1)c1cc(-c3ccccc3)ccc1-2. The van der Waals surface area contributed by atoms with E-state index >= 15 is 0 Å². The molecule has 0 atom stereocenters. The Morgan fingerprint density at radius 2 is 1.00 bits per heavy atom. The summed E-state index contributed by atoms with van der Waals surface area (Å²) in [7, 11) is 0. The van der Waals surface area contributed by atoms with Crippen molar-refractivity contribution in [1.82, 2.24) is 19.1 Å². The molecule has 2 aromatic heterocycles. The lowest BCUT2D eigenvalue weighted by molar-refractivity contribution is 0.0518. The number of carbonyl (C=O) groups excluding carboxylic acids is 1. The first-order valence-corrected chi connectivity index (χ1v) is 19.6. The molecule has 0 saturated heterocycles. The van der Waals surface area contributed by atoms with Gasteiger partial charge >= 0.3 is 5.97 Å². The normalized spacial score (nSPS) is 12.5. The molecule has 0 spiro atoms. The number of imidazole rings is 2. The predicted octanol–water partition coefficient (Wildman–Crippen LogP) is 9.45. The third kappa shape index (κ3) is 7.31. The highest BCUT2D eigenvalue weighted by atomic mass is 16.5. The Hall–Kier alpha value is -7.49. The molecule has 0 saturated carbocycles. The molecule has 2 aliphatic heterocycles. The minimum absolute atomic E-state index is 0.0873. The van der Waals surface area contributed by atoms with E-state index in [-0.39, 0.29) is 6.61 Å². The van der Waals surface area contributed by atoms with Crippen molar-refractivity contribution in [3.05, 3.63) is 215 Å². The molecular formula is C50H40N6O3. The average Bonchev–Trinajstić information content (AvgIpc) is 3.83. The molecule has 0 amide bonds. The number of hydrogen-bond acceptors (Lipinski definition) is 7. The molecule has 0 fully saturated rings. The van der Waals surface area contributed by atoms with Crippen molar-refractivity contribution < 1.29 is 14.6 Å². The summed E-state index contributed by atoms with van der Waals surface area (Å²) >= 11 is 0. The molecule has 59 heavy (non-hydrogen) atoms. The van der Waals surface area contributed by atoms with Gasteiger partial charge in [-0.25, -0.2) is 14.8 Å². The van der Waals surface area contributed by atoms with Gasteiger partial charge in [0.25, 0.3) is 0 Å². The predicted molar refractivity (Wildman–Crippen MR) is 231 cm³/mol. The Morgan fingerprint density at radius 1 is 0.559 bits per heavy atom. The summed E-state index contributed by atoms with van der Waals surface area (Å²) in [5, 5.41) is 9.67. The molecule has 0 bridgehead atoms. The monoisotopic (exact) mass is 772 g/mol. The van der Waals surface area contributed by atoms with Gasteiger partial charge in [0.1, 0.15) is 6.33 Å². The molecule has 1 N–H and O–H groups in total. The molecule has 10 rings (SSSR count). The smallest absolute Gasteiger partial charge is 0.358 e. The standard InChI is InChI=1S/C26H21N3O2.C24H19N3O/c1-2-31-26(30)25-23-16-27-24(19-11-7-4-8-12-19)21-15-20(18-9-5-3-6-10-18)13-14-22(21)29(23)17-28-25;28-15-21-23-14-25-24(18-9-5-2-6-10-18)20-13-19(17-7-3-1-4-8-17)11-12-22(20)27(23)16-26-21/h3-15,17H,2,16H2,1H3;1-13,16,28H,14-15H2. The lowest BCUT2D eigenvalue weighted by Crippen LogP contribution is -2.09. The number of aliphatic hydroxyl groups is 1. The van der Waals surface area contributed by atoms with Crippen molar-refractivity contribution in [1.29, 1.82) is 0 Å². The summed E-state index contributed by atoms with van der Waals surface area (Å²) in [5.74, 6) is -0.419. The van der Waals surface area contributed by atoms with Gasteiger partial charge in [-0.2, -0.15) is 0 Å². The van der Waals surface area contributed by atoms with Gasteiger partial charge in [-0.05, 0) is 53.4 Å². The third-order valence-corrected chi connectivity index (χ3v) is 10.5. The zero-order valence-corrected chi connectivity index (χ0v) is 32.4. The van der Waals surface area contributed by atoms with Crippen LogP contribution in [0.4, 0.5) is 0 Å². The van der Waals surface area contributed by atoms with E-state index in [0.717, 1.165) is 73.1 Å². The maximum Gasteiger partial charge on any atom is 0.358 e. The van der Waals surface area contributed by atoms with Crippen molar-refractivity contribution in [3.63, 3.8) is 0 Å². The lowest BCUT2D eigenvalue weighted by atomic mass is 9.96. The molecular weight excluding hydrogens is 733 g/mol. The maximum atomic E-state index is 12.4. The Balaban J connectivity index is 0.000000153. The Bertz CT molecular complexity index is 2830. The Morgan fingerprint density at radius 3 is 1.47 bits per heavy atom. The number of carbonyl (C=O) groups is 1. The number of esters is 1. The molecule has 6 aromatic carbocycles. The summed E-state index contributed by atoms with van der Waals surface area (Å²) in [5.41, 5.74) is 15.2. The van der Waals surface area contributed by atoms with E-state index < -0.39 is 5.97 Å². The van der Waals surface area contributed by atoms with E-state index in [4.69, 9.17) is 14.7 Å². The Kier molecular flexibility index (Phi) is 10.4. The number of hydrogen-bond donors (Lipinski definition) is 1. The van der Waals surface area contributed by atoms with Crippen LogP contribution in [0.25, 0.3) is 33.6 Å². The van der Waals surface area contributed by atoms with Crippen LogP contribution in [-0.2, 0) is 24.4 Å². The molecule has 9 nitrogen and oxygen atoms in total. The van der Waals surface area contributed by atoms with Crippen LogP contribution in [0.3, 0.4) is 0 Å². The van der Waals surface area contributed by atoms with Crippen molar-refractivity contribution in [2.45, 2.75) is 26.6 Å². The van der Waals surface area contributed by atoms with Gasteiger partial charge in [0.2, 0.25) is 0 Å². The second kappa shape index (κ2) is 16.5. The van der Waals surface area contributed by atoms with Gasteiger partial charge in [0, 0.05) is 22.3 Å². The van der Waals surface area contributed by atoms with E-state index in [9.17, 15) is 9.90 Å². The molecule has 2 aliphatic rings. The number of nitrogens with zero attached hydrogens (tertiary/aromatic N) is 6. The number of ether oxygens (including phenoxy) is 1. The minimum Gasteiger partial charge on any atom is -0.461 e. The summed E-state index contributed by atoms with van der Waals surface area (Å²) in [4.78, 5) is 31.1. The van der Waals surface area contributed by atoms with Gasteiger partial charge in [0.15, 0.2) is 5.69 Å². The van der Waals surface area contributed by atoms with Crippen LogP contribution in [0.15, 0.2) is 180 Å². The van der Waals surface area contributed by atoms with Crippen LogP contribution in [-0.4, -0.2) is 48.2 Å². The first-order valence-electron chi connectivity index (χ1n) is 19.6.